The Hall–Kier alpha value is -3.31. The van der Waals surface area contributed by atoms with Crippen molar-refractivity contribution in [1.82, 2.24) is 4.90 Å². The lowest BCUT2D eigenvalue weighted by atomic mass is 9.95. The van der Waals surface area contributed by atoms with Gasteiger partial charge in [-0.3, -0.25) is 9.59 Å². The van der Waals surface area contributed by atoms with E-state index in [9.17, 15) is 9.59 Å². The number of halogens is 1. The number of fused-ring (bicyclic) bond motifs is 1. The zero-order valence-corrected chi connectivity index (χ0v) is 17.2. The second-order valence-electron chi connectivity index (χ2n) is 6.96. The van der Waals surface area contributed by atoms with Crippen LogP contribution in [0.5, 0.6) is 5.75 Å². The fourth-order valence-corrected chi connectivity index (χ4v) is 3.92. The van der Waals surface area contributed by atoms with Gasteiger partial charge in [0, 0.05) is 16.3 Å². The van der Waals surface area contributed by atoms with Crippen LogP contribution in [0.1, 0.15) is 34.5 Å². The van der Waals surface area contributed by atoms with Gasteiger partial charge >= 0.3 is 0 Å². The lowest BCUT2D eigenvalue weighted by Crippen LogP contribution is -2.39. The van der Waals surface area contributed by atoms with Gasteiger partial charge in [-0.05, 0) is 42.8 Å². The Morgan fingerprint density at radius 2 is 1.83 bits per heavy atom. The summed E-state index contributed by atoms with van der Waals surface area (Å²) in [5.41, 5.74) is 2.71. The van der Waals surface area contributed by atoms with Gasteiger partial charge in [0.05, 0.1) is 18.2 Å². The highest BCUT2D eigenvalue weighted by molar-refractivity contribution is 6.30. The molecule has 0 radical (unpaired) electrons. The molecule has 0 fully saturated rings. The Labute approximate surface area is 180 Å². The smallest absolute Gasteiger partial charge is 0.258 e. The van der Waals surface area contributed by atoms with Gasteiger partial charge in [-0.15, -0.1) is 0 Å². The minimum Gasteiger partial charge on any atom is -0.493 e. The van der Waals surface area contributed by atoms with Crippen LogP contribution in [-0.2, 0) is 4.79 Å². The van der Waals surface area contributed by atoms with Crippen molar-refractivity contribution in [2.45, 2.75) is 13.0 Å². The van der Waals surface area contributed by atoms with E-state index in [0.29, 0.717) is 28.6 Å². The van der Waals surface area contributed by atoms with E-state index in [1.54, 1.807) is 41.3 Å². The zero-order chi connectivity index (χ0) is 21.1. The van der Waals surface area contributed by atoms with E-state index in [-0.39, 0.29) is 18.4 Å². The first-order chi connectivity index (χ1) is 14.6. The number of amides is 2. The van der Waals surface area contributed by atoms with E-state index in [0.717, 1.165) is 11.1 Å². The summed E-state index contributed by atoms with van der Waals surface area (Å²) in [4.78, 5) is 28.0. The summed E-state index contributed by atoms with van der Waals surface area (Å²) in [5, 5.41) is 3.44. The van der Waals surface area contributed by atoms with Gasteiger partial charge in [-0.2, -0.15) is 0 Å². The standard InChI is InChI=1S/C24H21ClN2O3/c1-2-30-21-11-7-6-10-18(21)24(29)27-15-22(28)26-20-13-12-17(25)14-19(20)23(27)16-8-4-3-5-9-16/h3-14,23H,2,15H2,1H3,(H,26,28)/t23-/m1/s1. The summed E-state index contributed by atoms with van der Waals surface area (Å²) in [6.45, 7) is 2.21. The predicted octanol–water partition coefficient (Wildman–Crippen LogP) is 4.92. The summed E-state index contributed by atoms with van der Waals surface area (Å²) in [6.07, 6.45) is 0. The molecule has 0 unspecified atom stereocenters. The first kappa shape index (κ1) is 20.0. The average Bonchev–Trinajstić information content (AvgIpc) is 2.90. The molecule has 5 nitrogen and oxygen atoms in total. The van der Waals surface area contributed by atoms with Crippen LogP contribution < -0.4 is 10.1 Å². The van der Waals surface area contributed by atoms with E-state index >= 15 is 0 Å². The maximum absolute atomic E-state index is 13.7. The molecular formula is C24H21ClN2O3. The molecule has 0 saturated heterocycles. The minimum absolute atomic E-state index is 0.0921. The largest absolute Gasteiger partial charge is 0.493 e. The topological polar surface area (TPSA) is 58.6 Å². The lowest BCUT2D eigenvalue weighted by Gasteiger charge is -2.31. The van der Waals surface area contributed by atoms with Crippen LogP contribution in [0.3, 0.4) is 0 Å². The Balaban J connectivity index is 1.88. The molecule has 0 saturated carbocycles. The molecule has 3 aromatic carbocycles. The third-order valence-corrected chi connectivity index (χ3v) is 5.24. The number of hydrogen-bond donors (Lipinski definition) is 1. The van der Waals surface area contributed by atoms with Gasteiger partial charge in [-0.25, -0.2) is 0 Å². The van der Waals surface area contributed by atoms with Crippen molar-refractivity contribution in [1.29, 1.82) is 0 Å². The molecule has 0 spiro atoms. The molecule has 1 N–H and O–H groups in total. The Bertz CT molecular complexity index is 1080. The number of carbonyl (C=O) groups excluding carboxylic acids is 2. The van der Waals surface area contributed by atoms with Gasteiger partial charge in [0.2, 0.25) is 5.91 Å². The van der Waals surface area contributed by atoms with Crippen LogP contribution >= 0.6 is 11.6 Å². The van der Waals surface area contributed by atoms with Crippen LogP contribution in [0.25, 0.3) is 0 Å². The van der Waals surface area contributed by atoms with Crippen molar-refractivity contribution in [2.75, 3.05) is 18.5 Å². The maximum Gasteiger partial charge on any atom is 0.258 e. The molecule has 4 rings (SSSR count). The zero-order valence-electron chi connectivity index (χ0n) is 16.5. The molecular weight excluding hydrogens is 400 g/mol. The molecule has 1 atom stereocenters. The van der Waals surface area contributed by atoms with E-state index in [2.05, 4.69) is 5.32 Å². The van der Waals surface area contributed by atoms with Crippen LogP contribution in [0.2, 0.25) is 5.02 Å². The van der Waals surface area contributed by atoms with E-state index < -0.39 is 6.04 Å². The van der Waals surface area contributed by atoms with Gasteiger partial charge in [0.15, 0.2) is 0 Å². The number of carbonyl (C=O) groups is 2. The summed E-state index contributed by atoms with van der Waals surface area (Å²) < 4.78 is 5.67. The van der Waals surface area contributed by atoms with Crippen LogP contribution in [-0.4, -0.2) is 29.9 Å². The van der Waals surface area contributed by atoms with Gasteiger partial charge in [0.1, 0.15) is 12.3 Å². The first-order valence-electron chi connectivity index (χ1n) is 9.75. The van der Waals surface area contributed by atoms with Crippen molar-refractivity contribution >= 4 is 29.1 Å². The molecule has 3 aromatic rings. The summed E-state index contributed by atoms with van der Waals surface area (Å²) >= 11 is 6.29. The quantitative estimate of drug-likeness (QED) is 0.651. The summed E-state index contributed by atoms with van der Waals surface area (Å²) in [6, 6.07) is 21.5. The van der Waals surface area contributed by atoms with E-state index in [4.69, 9.17) is 16.3 Å². The number of ether oxygens (including phenoxy) is 1. The van der Waals surface area contributed by atoms with Gasteiger partial charge in [0.25, 0.3) is 5.91 Å². The van der Waals surface area contributed by atoms with Crippen molar-refractivity contribution in [3.8, 4) is 5.75 Å². The Morgan fingerprint density at radius 1 is 1.10 bits per heavy atom. The highest BCUT2D eigenvalue weighted by atomic mass is 35.5. The number of para-hydroxylation sites is 1. The average molecular weight is 421 g/mol. The molecule has 0 bridgehead atoms. The Kier molecular flexibility index (Phi) is 5.72. The number of hydrogen-bond acceptors (Lipinski definition) is 3. The maximum atomic E-state index is 13.7. The molecule has 2 amide bonds. The van der Waals surface area contributed by atoms with Crippen molar-refractivity contribution < 1.29 is 14.3 Å². The predicted molar refractivity (Wildman–Crippen MR) is 117 cm³/mol. The second kappa shape index (κ2) is 8.59. The first-order valence-corrected chi connectivity index (χ1v) is 10.1. The number of anilines is 1. The fourth-order valence-electron chi connectivity index (χ4n) is 3.74. The van der Waals surface area contributed by atoms with Gasteiger partial charge in [-0.1, -0.05) is 54.1 Å². The monoisotopic (exact) mass is 420 g/mol. The summed E-state index contributed by atoms with van der Waals surface area (Å²) in [5.74, 6) is -0.0529. The molecule has 152 valence electrons. The third kappa shape index (κ3) is 3.89. The van der Waals surface area contributed by atoms with Crippen molar-refractivity contribution in [3.05, 3.63) is 94.5 Å². The third-order valence-electron chi connectivity index (χ3n) is 5.00. The molecule has 1 aliphatic rings. The SMILES string of the molecule is CCOc1ccccc1C(=O)N1CC(=O)Nc2ccc(Cl)cc2[C@H]1c1ccccc1. The van der Waals surface area contributed by atoms with Crippen LogP contribution in [0.4, 0.5) is 5.69 Å². The highest BCUT2D eigenvalue weighted by Gasteiger charge is 2.35. The minimum atomic E-state index is -0.485. The van der Waals surface area contributed by atoms with Crippen LogP contribution in [0, 0.1) is 0 Å². The van der Waals surface area contributed by atoms with E-state index in [1.165, 1.54) is 0 Å². The number of rotatable bonds is 4. The molecule has 1 heterocycles. The molecule has 6 heteroatoms. The van der Waals surface area contributed by atoms with Crippen molar-refractivity contribution in [2.24, 2.45) is 0 Å². The van der Waals surface area contributed by atoms with Crippen molar-refractivity contribution in [3.63, 3.8) is 0 Å². The van der Waals surface area contributed by atoms with Crippen LogP contribution in [0.15, 0.2) is 72.8 Å². The van der Waals surface area contributed by atoms with E-state index in [1.807, 2.05) is 43.3 Å². The number of nitrogens with one attached hydrogen (secondary N) is 1. The molecule has 1 aliphatic heterocycles. The number of nitrogens with zero attached hydrogens (tertiary/aromatic N) is 1. The highest BCUT2D eigenvalue weighted by Crippen LogP contribution is 2.38. The summed E-state index contributed by atoms with van der Waals surface area (Å²) in [7, 11) is 0. The second-order valence-corrected chi connectivity index (χ2v) is 7.39. The molecule has 0 aromatic heterocycles. The van der Waals surface area contributed by atoms with Gasteiger partial charge < -0.3 is 15.0 Å². The normalized spacial score (nSPS) is 15.7. The number of benzene rings is 3. The lowest BCUT2D eigenvalue weighted by molar-refractivity contribution is -0.117. The Morgan fingerprint density at radius 3 is 2.60 bits per heavy atom. The fraction of sp³-hybridized carbons (Fsp3) is 0.167. The molecule has 0 aliphatic carbocycles. The molecule has 30 heavy (non-hydrogen) atoms.